The summed E-state index contributed by atoms with van der Waals surface area (Å²) in [7, 11) is 1.33. The maximum Gasteiger partial charge on any atom is 0.410 e. The van der Waals surface area contributed by atoms with Crippen molar-refractivity contribution in [2.24, 2.45) is 5.92 Å². The topological polar surface area (TPSA) is 74.3 Å². The van der Waals surface area contributed by atoms with E-state index in [1.165, 1.54) is 7.11 Å². The number of fused-ring (bicyclic) bond motifs is 1. The number of halogens is 1. The highest BCUT2D eigenvalue weighted by Crippen LogP contribution is 2.49. The fourth-order valence-corrected chi connectivity index (χ4v) is 4.18. The van der Waals surface area contributed by atoms with Crippen LogP contribution in [0.5, 0.6) is 11.5 Å². The van der Waals surface area contributed by atoms with Crippen LogP contribution in [0.3, 0.4) is 0 Å². The summed E-state index contributed by atoms with van der Waals surface area (Å²) in [4.78, 5) is 26.0. The standard InChI is InChI=1S/C22H30ClNO6/c1-13-15(19(25)27-6)11-16(23)18-17(13)28-22(5,29-18)12-14-7-9-24(10-8-14)20(26)30-21(2,3)4/h11,14H,7-10,12H2,1-6H3. The molecule has 0 aromatic heterocycles. The first-order chi connectivity index (χ1) is 13.9. The van der Waals surface area contributed by atoms with Gasteiger partial charge in [0.1, 0.15) is 5.60 Å². The largest absolute Gasteiger partial charge is 0.465 e. The second kappa shape index (κ2) is 8.17. The minimum Gasteiger partial charge on any atom is -0.465 e. The summed E-state index contributed by atoms with van der Waals surface area (Å²) in [5.41, 5.74) is 0.503. The van der Waals surface area contributed by atoms with Crippen molar-refractivity contribution in [2.45, 2.75) is 65.3 Å². The van der Waals surface area contributed by atoms with Crippen LogP contribution in [0.1, 0.15) is 62.9 Å². The van der Waals surface area contributed by atoms with Crippen molar-refractivity contribution in [3.05, 3.63) is 22.2 Å². The minimum atomic E-state index is -0.885. The van der Waals surface area contributed by atoms with E-state index in [0.29, 0.717) is 53.1 Å². The molecule has 1 fully saturated rings. The molecular weight excluding hydrogens is 410 g/mol. The highest BCUT2D eigenvalue weighted by Gasteiger charge is 2.43. The molecule has 1 atom stereocenters. The van der Waals surface area contributed by atoms with Crippen LogP contribution in [0.4, 0.5) is 4.79 Å². The van der Waals surface area contributed by atoms with E-state index >= 15 is 0 Å². The third-order valence-electron chi connectivity index (χ3n) is 5.41. The van der Waals surface area contributed by atoms with Gasteiger partial charge in [0, 0.05) is 32.0 Å². The Morgan fingerprint density at radius 1 is 1.23 bits per heavy atom. The third kappa shape index (κ3) is 4.77. The zero-order valence-corrected chi connectivity index (χ0v) is 19.2. The number of piperidine rings is 1. The Morgan fingerprint density at radius 2 is 1.83 bits per heavy atom. The second-order valence-corrected chi connectivity index (χ2v) is 9.54. The first kappa shape index (κ1) is 22.5. The molecule has 0 saturated carbocycles. The molecule has 2 heterocycles. The van der Waals surface area contributed by atoms with Gasteiger partial charge < -0.3 is 23.8 Å². The van der Waals surface area contributed by atoms with E-state index in [-0.39, 0.29) is 6.09 Å². The van der Waals surface area contributed by atoms with Crippen LogP contribution in [0.2, 0.25) is 5.02 Å². The zero-order valence-electron chi connectivity index (χ0n) is 18.5. The van der Waals surface area contributed by atoms with Gasteiger partial charge in [0.05, 0.1) is 17.7 Å². The third-order valence-corrected chi connectivity index (χ3v) is 5.69. The number of hydrogen-bond donors (Lipinski definition) is 0. The Kier molecular flexibility index (Phi) is 6.14. The minimum absolute atomic E-state index is 0.273. The molecule has 1 unspecified atom stereocenters. The summed E-state index contributed by atoms with van der Waals surface area (Å²) in [6, 6.07) is 1.55. The van der Waals surface area contributed by atoms with Crippen molar-refractivity contribution >= 4 is 23.7 Å². The molecule has 0 aliphatic carbocycles. The lowest BCUT2D eigenvalue weighted by Gasteiger charge is -2.35. The lowest BCUT2D eigenvalue weighted by molar-refractivity contribution is -0.0845. The maximum absolute atomic E-state index is 12.3. The molecule has 8 heteroatoms. The quantitative estimate of drug-likeness (QED) is 0.619. The van der Waals surface area contributed by atoms with Crippen LogP contribution in [-0.4, -0.2) is 48.5 Å². The summed E-state index contributed by atoms with van der Waals surface area (Å²) in [5, 5.41) is 0.319. The van der Waals surface area contributed by atoms with Gasteiger partial charge in [0.15, 0.2) is 11.5 Å². The molecule has 0 radical (unpaired) electrons. The molecule has 3 rings (SSSR count). The van der Waals surface area contributed by atoms with E-state index < -0.39 is 17.4 Å². The molecule has 7 nitrogen and oxygen atoms in total. The number of carbonyl (C=O) groups excluding carboxylic acids is 2. The van der Waals surface area contributed by atoms with Gasteiger partial charge in [0.25, 0.3) is 0 Å². The van der Waals surface area contributed by atoms with Crippen molar-refractivity contribution in [2.75, 3.05) is 20.2 Å². The Labute approximate surface area is 182 Å². The van der Waals surface area contributed by atoms with Crippen molar-refractivity contribution < 1.29 is 28.5 Å². The number of rotatable bonds is 3. The molecular formula is C22H30ClNO6. The average molecular weight is 440 g/mol. The zero-order chi connectivity index (χ0) is 22.3. The molecule has 0 spiro atoms. The van der Waals surface area contributed by atoms with Gasteiger partial charge in [-0.25, -0.2) is 9.59 Å². The Morgan fingerprint density at radius 3 is 2.40 bits per heavy atom. The van der Waals surface area contributed by atoms with E-state index in [1.54, 1.807) is 17.9 Å². The number of amides is 1. The highest BCUT2D eigenvalue weighted by molar-refractivity contribution is 6.32. The first-order valence-corrected chi connectivity index (χ1v) is 10.6. The fourth-order valence-electron chi connectivity index (χ4n) is 3.95. The fraction of sp³-hybridized carbons (Fsp3) is 0.636. The lowest BCUT2D eigenvalue weighted by atomic mass is 9.90. The predicted octanol–water partition coefficient (Wildman–Crippen LogP) is 4.96. The van der Waals surface area contributed by atoms with Crippen molar-refractivity contribution in [1.29, 1.82) is 0 Å². The molecule has 1 saturated heterocycles. The molecule has 0 bridgehead atoms. The van der Waals surface area contributed by atoms with E-state index in [2.05, 4.69) is 0 Å². The second-order valence-electron chi connectivity index (χ2n) is 9.13. The van der Waals surface area contributed by atoms with Crippen LogP contribution in [-0.2, 0) is 9.47 Å². The van der Waals surface area contributed by atoms with Gasteiger partial charge >= 0.3 is 12.1 Å². The van der Waals surface area contributed by atoms with Gasteiger partial charge in [-0.15, -0.1) is 0 Å². The summed E-state index contributed by atoms with van der Waals surface area (Å²) < 4.78 is 22.6. The summed E-state index contributed by atoms with van der Waals surface area (Å²) in [6.45, 7) is 10.5. The van der Waals surface area contributed by atoms with Gasteiger partial charge in [0.2, 0.25) is 5.79 Å². The van der Waals surface area contributed by atoms with Crippen molar-refractivity contribution in [3.8, 4) is 11.5 Å². The Balaban J connectivity index is 1.64. The summed E-state index contributed by atoms with van der Waals surface area (Å²) >= 11 is 6.35. The van der Waals surface area contributed by atoms with E-state index in [1.807, 2.05) is 27.7 Å². The molecule has 30 heavy (non-hydrogen) atoms. The molecule has 1 amide bonds. The lowest BCUT2D eigenvalue weighted by Crippen LogP contribution is -2.44. The number of methoxy groups -OCH3 is 1. The number of benzene rings is 1. The molecule has 2 aliphatic rings. The van der Waals surface area contributed by atoms with E-state index in [4.69, 9.17) is 30.5 Å². The molecule has 166 valence electrons. The van der Waals surface area contributed by atoms with Gasteiger partial charge in [-0.05, 0) is 52.5 Å². The number of hydrogen-bond acceptors (Lipinski definition) is 6. The summed E-state index contributed by atoms with van der Waals surface area (Å²) in [5.74, 6) is -0.0947. The average Bonchev–Trinajstić information content (AvgIpc) is 3.01. The number of carbonyl (C=O) groups is 2. The van der Waals surface area contributed by atoms with Crippen LogP contribution >= 0.6 is 11.6 Å². The van der Waals surface area contributed by atoms with Crippen LogP contribution < -0.4 is 9.47 Å². The van der Waals surface area contributed by atoms with Crippen LogP contribution in [0.15, 0.2) is 6.07 Å². The number of nitrogens with zero attached hydrogens (tertiary/aromatic N) is 1. The van der Waals surface area contributed by atoms with E-state index in [0.717, 1.165) is 12.8 Å². The van der Waals surface area contributed by atoms with E-state index in [9.17, 15) is 9.59 Å². The molecule has 0 N–H and O–H groups in total. The SMILES string of the molecule is COC(=O)c1cc(Cl)c2c(c1C)OC(C)(CC1CCN(C(=O)OC(C)(C)C)CC1)O2. The molecule has 1 aromatic rings. The predicted molar refractivity (Wildman–Crippen MR) is 112 cm³/mol. The Hall–Kier alpha value is -2.15. The Bertz CT molecular complexity index is 841. The van der Waals surface area contributed by atoms with Gasteiger partial charge in [-0.2, -0.15) is 0 Å². The van der Waals surface area contributed by atoms with Crippen molar-refractivity contribution in [3.63, 3.8) is 0 Å². The monoisotopic (exact) mass is 439 g/mol. The molecule has 1 aromatic carbocycles. The smallest absolute Gasteiger partial charge is 0.410 e. The maximum atomic E-state index is 12.3. The van der Waals surface area contributed by atoms with Gasteiger partial charge in [-0.1, -0.05) is 11.6 Å². The summed E-state index contributed by atoms with van der Waals surface area (Å²) in [6.07, 6.45) is 2.04. The van der Waals surface area contributed by atoms with Gasteiger partial charge in [-0.3, -0.25) is 0 Å². The molecule has 2 aliphatic heterocycles. The first-order valence-electron chi connectivity index (χ1n) is 10.2. The van der Waals surface area contributed by atoms with Crippen LogP contribution in [0, 0.1) is 12.8 Å². The highest BCUT2D eigenvalue weighted by atomic mass is 35.5. The van der Waals surface area contributed by atoms with Crippen LogP contribution in [0.25, 0.3) is 0 Å². The number of esters is 1. The number of ether oxygens (including phenoxy) is 4. The van der Waals surface area contributed by atoms with Crippen molar-refractivity contribution in [1.82, 2.24) is 4.90 Å². The normalized spacial score (nSPS) is 21.5. The number of likely N-dealkylation sites (tertiary alicyclic amines) is 1.